The molecule has 0 atom stereocenters. The Balaban J connectivity index is 1.77. The quantitative estimate of drug-likeness (QED) is 0.850. The molecule has 1 saturated heterocycles. The number of benzene rings is 1. The zero-order chi connectivity index (χ0) is 17.0. The maximum absolute atomic E-state index is 13.1. The summed E-state index contributed by atoms with van der Waals surface area (Å²) in [5.74, 6) is -0.244. The summed E-state index contributed by atoms with van der Waals surface area (Å²) in [5.41, 5.74) is 0.571. The summed E-state index contributed by atoms with van der Waals surface area (Å²) in [4.78, 5) is 13.8. The second kappa shape index (κ2) is 7.62. The van der Waals surface area contributed by atoms with Crippen LogP contribution in [0.4, 0.5) is 9.18 Å². The molecule has 4 nitrogen and oxygen atoms in total. The lowest BCUT2D eigenvalue weighted by molar-refractivity contribution is 0.0198. The van der Waals surface area contributed by atoms with Gasteiger partial charge in [0.15, 0.2) is 0 Å². The van der Waals surface area contributed by atoms with E-state index < -0.39 is 5.60 Å². The van der Waals surface area contributed by atoms with Gasteiger partial charge in [-0.1, -0.05) is 22.0 Å². The number of rotatable bonds is 3. The van der Waals surface area contributed by atoms with Gasteiger partial charge < -0.3 is 15.0 Å². The zero-order valence-corrected chi connectivity index (χ0v) is 15.5. The standard InChI is InChI=1S/C17H24BrFN2O2/c1-17(2,3)23-16(22)21-8-6-14(7-9-21)20-11-12-4-5-13(19)10-15(12)18/h4-5,10,14,20H,6-9,11H2,1-3H3. The van der Waals surface area contributed by atoms with Gasteiger partial charge in [-0.25, -0.2) is 9.18 Å². The van der Waals surface area contributed by atoms with Crippen LogP contribution in [0.15, 0.2) is 22.7 Å². The Morgan fingerprint density at radius 3 is 2.61 bits per heavy atom. The molecule has 1 aromatic carbocycles. The van der Waals surface area contributed by atoms with Crippen molar-refractivity contribution in [3.63, 3.8) is 0 Å². The number of halogens is 2. The van der Waals surface area contributed by atoms with Gasteiger partial charge in [0.2, 0.25) is 0 Å². The SMILES string of the molecule is CC(C)(C)OC(=O)N1CCC(NCc2ccc(F)cc2Br)CC1. The van der Waals surface area contributed by atoms with Crippen molar-refractivity contribution in [3.8, 4) is 0 Å². The molecule has 0 unspecified atom stereocenters. The number of ether oxygens (including phenoxy) is 1. The Kier molecular flexibility index (Phi) is 6.03. The van der Waals surface area contributed by atoms with Crippen molar-refractivity contribution in [3.05, 3.63) is 34.1 Å². The zero-order valence-electron chi connectivity index (χ0n) is 13.9. The van der Waals surface area contributed by atoms with Crippen LogP contribution in [0.2, 0.25) is 0 Å². The van der Waals surface area contributed by atoms with Crippen LogP contribution in [0.25, 0.3) is 0 Å². The van der Waals surface area contributed by atoms with Crippen LogP contribution in [0.3, 0.4) is 0 Å². The number of hydrogen-bond donors (Lipinski definition) is 1. The molecule has 0 bridgehead atoms. The van der Waals surface area contributed by atoms with Crippen molar-refractivity contribution in [1.82, 2.24) is 10.2 Å². The summed E-state index contributed by atoms with van der Waals surface area (Å²) in [6.45, 7) is 7.69. The van der Waals surface area contributed by atoms with Gasteiger partial charge in [-0.05, 0) is 51.3 Å². The largest absolute Gasteiger partial charge is 0.444 e. The van der Waals surface area contributed by atoms with Crippen molar-refractivity contribution in [2.24, 2.45) is 0 Å². The topological polar surface area (TPSA) is 41.6 Å². The highest BCUT2D eigenvalue weighted by Gasteiger charge is 2.26. The Hall–Kier alpha value is -1.14. The first kappa shape index (κ1) is 18.2. The molecule has 128 valence electrons. The number of piperidine rings is 1. The molecule has 1 heterocycles. The van der Waals surface area contributed by atoms with Crippen LogP contribution < -0.4 is 5.32 Å². The number of likely N-dealkylation sites (tertiary alicyclic amines) is 1. The van der Waals surface area contributed by atoms with Gasteiger partial charge in [-0.2, -0.15) is 0 Å². The number of nitrogens with one attached hydrogen (secondary N) is 1. The minimum absolute atomic E-state index is 0.239. The van der Waals surface area contributed by atoms with Gasteiger partial charge in [0.25, 0.3) is 0 Å². The molecule has 1 aliphatic rings. The second-order valence-electron chi connectivity index (χ2n) is 6.86. The predicted octanol–water partition coefficient (Wildman–Crippen LogP) is 4.08. The van der Waals surface area contributed by atoms with Crippen LogP contribution in [0, 0.1) is 5.82 Å². The first-order valence-corrected chi connectivity index (χ1v) is 8.69. The van der Waals surface area contributed by atoms with E-state index in [4.69, 9.17) is 4.74 Å². The molecule has 1 fully saturated rings. The summed E-state index contributed by atoms with van der Waals surface area (Å²) < 4.78 is 19.2. The van der Waals surface area contributed by atoms with E-state index in [9.17, 15) is 9.18 Å². The number of nitrogens with zero attached hydrogens (tertiary/aromatic N) is 1. The Labute approximate surface area is 145 Å². The minimum atomic E-state index is -0.457. The van der Waals surface area contributed by atoms with E-state index in [2.05, 4.69) is 21.2 Å². The number of carbonyl (C=O) groups is 1. The van der Waals surface area contributed by atoms with Gasteiger partial charge in [0.1, 0.15) is 11.4 Å². The van der Waals surface area contributed by atoms with Crippen LogP contribution in [-0.4, -0.2) is 35.7 Å². The Morgan fingerprint density at radius 1 is 1.39 bits per heavy atom. The highest BCUT2D eigenvalue weighted by atomic mass is 79.9. The van der Waals surface area contributed by atoms with Gasteiger partial charge in [-0.15, -0.1) is 0 Å². The van der Waals surface area contributed by atoms with Crippen LogP contribution >= 0.6 is 15.9 Å². The molecule has 1 aliphatic heterocycles. The third-order valence-corrected chi connectivity index (χ3v) is 4.48. The van der Waals surface area contributed by atoms with Gasteiger partial charge >= 0.3 is 6.09 Å². The second-order valence-corrected chi connectivity index (χ2v) is 7.71. The molecular formula is C17H24BrFN2O2. The molecule has 0 aromatic heterocycles. The van der Waals surface area contributed by atoms with Gasteiger partial charge in [0, 0.05) is 30.1 Å². The maximum Gasteiger partial charge on any atom is 0.410 e. The van der Waals surface area contributed by atoms with Gasteiger partial charge in [0.05, 0.1) is 0 Å². The fourth-order valence-electron chi connectivity index (χ4n) is 2.51. The molecular weight excluding hydrogens is 363 g/mol. The smallest absolute Gasteiger partial charge is 0.410 e. The van der Waals surface area contributed by atoms with Crippen LogP contribution in [0.5, 0.6) is 0 Å². The monoisotopic (exact) mass is 386 g/mol. The molecule has 2 rings (SSSR count). The lowest BCUT2D eigenvalue weighted by Gasteiger charge is -2.33. The number of hydrogen-bond acceptors (Lipinski definition) is 3. The predicted molar refractivity (Wildman–Crippen MR) is 91.8 cm³/mol. The highest BCUT2D eigenvalue weighted by molar-refractivity contribution is 9.10. The lowest BCUT2D eigenvalue weighted by Crippen LogP contribution is -2.46. The Bertz CT molecular complexity index is 552. The normalized spacial score (nSPS) is 16.5. The maximum atomic E-state index is 13.1. The van der Waals surface area contributed by atoms with E-state index in [0.29, 0.717) is 25.7 Å². The third kappa shape index (κ3) is 5.77. The summed E-state index contributed by atoms with van der Waals surface area (Å²) in [6, 6.07) is 5.07. The Morgan fingerprint density at radius 2 is 2.04 bits per heavy atom. The molecule has 6 heteroatoms. The van der Waals surface area contributed by atoms with Crippen molar-refractivity contribution in [2.45, 2.75) is 51.8 Å². The molecule has 23 heavy (non-hydrogen) atoms. The molecule has 0 spiro atoms. The van der Waals surface area contributed by atoms with E-state index in [1.807, 2.05) is 20.8 Å². The van der Waals surface area contributed by atoms with Crippen molar-refractivity contribution < 1.29 is 13.9 Å². The average molecular weight is 387 g/mol. The summed E-state index contributed by atoms with van der Waals surface area (Å²) in [5, 5.41) is 3.47. The number of amides is 1. The van der Waals surface area contributed by atoms with E-state index >= 15 is 0 Å². The molecule has 1 N–H and O–H groups in total. The van der Waals surface area contributed by atoms with Crippen molar-refractivity contribution in [1.29, 1.82) is 0 Å². The van der Waals surface area contributed by atoms with E-state index in [1.54, 1.807) is 11.0 Å². The summed E-state index contributed by atoms with van der Waals surface area (Å²) in [7, 11) is 0. The van der Waals surface area contributed by atoms with Crippen LogP contribution in [0.1, 0.15) is 39.2 Å². The van der Waals surface area contributed by atoms with Crippen molar-refractivity contribution in [2.75, 3.05) is 13.1 Å². The fourth-order valence-corrected chi connectivity index (χ4v) is 3.00. The fraction of sp³-hybridized carbons (Fsp3) is 0.588. The lowest BCUT2D eigenvalue weighted by atomic mass is 10.0. The summed E-state index contributed by atoms with van der Waals surface area (Å²) >= 11 is 3.38. The number of carbonyl (C=O) groups excluding carboxylic acids is 1. The minimum Gasteiger partial charge on any atom is -0.444 e. The molecule has 0 saturated carbocycles. The van der Waals surface area contributed by atoms with E-state index in [0.717, 1.165) is 22.9 Å². The molecule has 1 amide bonds. The molecule has 0 radical (unpaired) electrons. The van der Waals surface area contributed by atoms with Crippen LogP contribution in [-0.2, 0) is 11.3 Å². The third-order valence-electron chi connectivity index (χ3n) is 3.74. The molecule has 0 aliphatic carbocycles. The van der Waals surface area contributed by atoms with Gasteiger partial charge in [-0.3, -0.25) is 0 Å². The summed E-state index contributed by atoms with van der Waals surface area (Å²) in [6.07, 6.45) is 1.54. The van der Waals surface area contributed by atoms with Crippen molar-refractivity contribution >= 4 is 22.0 Å². The highest BCUT2D eigenvalue weighted by Crippen LogP contribution is 2.19. The first-order valence-electron chi connectivity index (χ1n) is 7.90. The molecule has 1 aromatic rings. The van der Waals surface area contributed by atoms with E-state index in [-0.39, 0.29) is 11.9 Å². The van der Waals surface area contributed by atoms with E-state index in [1.165, 1.54) is 12.1 Å². The first-order chi connectivity index (χ1) is 10.7. The average Bonchev–Trinajstić information content (AvgIpc) is 2.45.